The van der Waals surface area contributed by atoms with Crippen molar-refractivity contribution in [2.75, 3.05) is 13.1 Å². The Bertz CT molecular complexity index is 1190. The number of halogens is 1. The highest BCUT2D eigenvalue weighted by atomic mass is 32.1. The van der Waals surface area contributed by atoms with Crippen LogP contribution in [0.1, 0.15) is 45.2 Å². The molecule has 2 aromatic carbocycles. The van der Waals surface area contributed by atoms with Crippen molar-refractivity contribution in [3.8, 4) is 5.75 Å². The molecular weight excluding hydrogens is 441 g/mol. The Hall–Kier alpha value is -3.52. The molecule has 0 spiro atoms. The van der Waals surface area contributed by atoms with Gasteiger partial charge in [0.05, 0.1) is 6.04 Å². The molecule has 1 aliphatic heterocycles. The van der Waals surface area contributed by atoms with Crippen LogP contribution in [-0.4, -0.2) is 34.8 Å². The molecule has 1 aromatic heterocycles. The lowest BCUT2D eigenvalue weighted by atomic mass is 9.88. The largest absolute Gasteiger partial charge is 0.486 e. The number of ether oxygens (including phenoxy) is 1. The zero-order valence-electron chi connectivity index (χ0n) is 18.2. The van der Waals surface area contributed by atoms with Gasteiger partial charge in [-0.1, -0.05) is 24.3 Å². The second kappa shape index (κ2) is 9.95. The highest BCUT2D eigenvalue weighted by molar-refractivity contribution is 7.09. The number of hydrogen-bond donors (Lipinski definition) is 1. The smallest absolute Gasteiger partial charge is 0.271 e. The molecule has 0 radical (unpaired) electrons. The van der Waals surface area contributed by atoms with E-state index in [1.807, 2.05) is 24.3 Å². The Morgan fingerprint density at radius 2 is 2.18 bits per heavy atom. The van der Waals surface area contributed by atoms with Gasteiger partial charge in [-0.05, 0) is 47.4 Å². The minimum Gasteiger partial charge on any atom is -0.486 e. The first kappa shape index (κ1) is 22.7. The molecule has 2 heterocycles. The first-order valence-electron chi connectivity index (χ1n) is 10.6. The van der Waals surface area contributed by atoms with E-state index in [0.717, 1.165) is 23.1 Å². The fourth-order valence-corrected chi connectivity index (χ4v) is 4.63. The molecule has 170 valence electrons. The topological polar surface area (TPSA) is 71.5 Å². The Morgan fingerprint density at radius 3 is 2.94 bits per heavy atom. The number of thiazole rings is 1. The van der Waals surface area contributed by atoms with E-state index in [0.29, 0.717) is 29.5 Å². The van der Waals surface area contributed by atoms with E-state index in [1.54, 1.807) is 22.4 Å². The van der Waals surface area contributed by atoms with Crippen molar-refractivity contribution in [1.29, 1.82) is 0 Å². The quantitative estimate of drug-likeness (QED) is 0.529. The molecule has 33 heavy (non-hydrogen) atoms. The average Bonchev–Trinajstić information content (AvgIpc) is 3.29. The summed E-state index contributed by atoms with van der Waals surface area (Å²) >= 11 is 1.35. The summed E-state index contributed by atoms with van der Waals surface area (Å²) in [6.45, 7) is 6.26. The lowest BCUT2D eigenvalue weighted by molar-refractivity contribution is -0.130. The second-order valence-electron chi connectivity index (χ2n) is 7.69. The number of aromatic nitrogens is 1. The number of amides is 2. The summed E-state index contributed by atoms with van der Waals surface area (Å²) in [5, 5.41) is 5.05. The summed E-state index contributed by atoms with van der Waals surface area (Å²) in [7, 11) is 0. The molecule has 0 unspecified atom stereocenters. The zero-order chi connectivity index (χ0) is 23.4. The maximum atomic E-state index is 14.0. The molecule has 6 nitrogen and oxygen atoms in total. The van der Waals surface area contributed by atoms with Gasteiger partial charge in [0.25, 0.3) is 5.91 Å². The zero-order valence-corrected chi connectivity index (χ0v) is 19.0. The first-order valence-corrected chi connectivity index (χ1v) is 11.5. The number of fused-ring (bicyclic) bond motifs is 1. The fourth-order valence-electron chi connectivity index (χ4n) is 3.94. The van der Waals surface area contributed by atoms with Gasteiger partial charge < -0.3 is 15.0 Å². The minimum atomic E-state index is -0.384. The summed E-state index contributed by atoms with van der Waals surface area (Å²) in [6.07, 6.45) is 2.32. The van der Waals surface area contributed by atoms with Crippen molar-refractivity contribution in [3.05, 3.63) is 93.7 Å². The number of carbonyl (C=O) groups is 2. The average molecular weight is 466 g/mol. The van der Waals surface area contributed by atoms with Gasteiger partial charge in [0.1, 0.15) is 28.9 Å². The van der Waals surface area contributed by atoms with Crippen LogP contribution in [0.4, 0.5) is 4.39 Å². The van der Waals surface area contributed by atoms with Gasteiger partial charge >= 0.3 is 0 Å². The van der Waals surface area contributed by atoms with E-state index in [4.69, 9.17) is 4.74 Å². The van der Waals surface area contributed by atoms with Gasteiger partial charge in [-0.3, -0.25) is 9.59 Å². The normalized spacial score (nSPS) is 15.0. The van der Waals surface area contributed by atoms with E-state index in [-0.39, 0.29) is 30.3 Å². The van der Waals surface area contributed by atoms with Crippen LogP contribution in [0.15, 0.2) is 60.5 Å². The maximum Gasteiger partial charge on any atom is 0.271 e. The first-order chi connectivity index (χ1) is 16.0. The summed E-state index contributed by atoms with van der Waals surface area (Å²) in [4.78, 5) is 30.5. The van der Waals surface area contributed by atoms with Crippen LogP contribution >= 0.6 is 11.3 Å². The lowest BCUT2D eigenvalue weighted by Gasteiger charge is -2.37. The summed E-state index contributed by atoms with van der Waals surface area (Å²) < 4.78 is 19.9. The minimum absolute atomic E-state index is 0.0636. The molecule has 1 N–H and O–H groups in total. The third-order valence-electron chi connectivity index (χ3n) is 5.47. The van der Waals surface area contributed by atoms with Crippen LogP contribution in [0.3, 0.4) is 0 Å². The van der Waals surface area contributed by atoms with Crippen LogP contribution in [0.5, 0.6) is 5.75 Å². The molecule has 1 atom stereocenters. The summed E-state index contributed by atoms with van der Waals surface area (Å²) in [6, 6.07) is 11.8. The number of benzene rings is 2. The van der Waals surface area contributed by atoms with Crippen molar-refractivity contribution in [2.24, 2.45) is 0 Å². The van der Waals surface area contributed by atoms with Crippen molar-refractivity contribution in [3.63, 3.8) is 0 Å². The maximum absolute atomic E-state index is 14.0. The molecule has 0 saturated heterocycles. The van der Waals surface area contributed by atoms with Gasteiger partial charge in [0.2, 0.25) is 5.91 Å². The van der Waals surface area contributed by atoms with E-state index < -0.39 is 0 Å². The third kappa shape index (κ3) is 5.12. The van der Waals surface area contributed by atoms with Crippen LogP contribution in [-0.2, 0) is 17.8 Å². The SMILES string of the molecule is C=CCNC(=O)c1csc(COc2ccc3c(c2)[C@H](c2cccc(F)c2)N(C(C)=O)CC3)n1. The highest BCUT2D eigenvalue weighted by Crippen LogP contribution is 2.37. The molecule has 4 rings (SSSR count). The van der Waals surface area contributed by atoms with E-state index >= 15 is 0 Å². The number of nitrogens with one attached hydrogen (secondary N) is 1. The van der Waals surface area contributed by atoms with Crippen molar-refractivity contribution >= 4 is 23.2 Å². The number of rotatable bonds is 7. The number of hydrogen-bond acceptors (Lipinski definition) is 5. The summed E-state index contributed by atoms with van der Waals surface area (Å²) in [5.74, 6) is -0.0413. The van der Waals surface area contributed by atoms with E-state index in [2.05, 4.69) is 16.9 Å². The number of nitrogens with zero attached hydrogens (tertiary/aromatic N) is 2. The Morgan fingerprint density at radius 1 is 1.33 bits per heavy atom. The van der Waals surface area contributed by atoms with Crippen LogP contribution in [0.25, 0.3) is 0 Å². The molecule has 0 aliphatic carbocycles. The molecule has 0 fully saturated rings. The Balaban J connectivity index is 1.56. The van der Waals surface area contributed by atoms with E-state index in [9.17, 15) is 14.0 Å². The predicted octanol–water partition coefficient (Wildman–Crippen LogP) is 4.27. The molecule has 0 saturated carbocycles. The molecule has 1 aliphatic rings. The summed E-state index contributed by atoms with van der Waals surface area (Å²) in [5.41, 5.74) is 3.08. The van der Waals surface area contributed by atoms with Crippen molar-refractivity contribution < 1.29 is 18.7 Å². The van der Waals surface area contributed by atoms with Crippen LogP contribution in [0.2, 0.25) is 0 Å². The van der Waals surface area contributed by atoms with Gasteiger partial charge in [-0.15, -0.1) is 17.9 Å². The van der Waals surface area contributed by atoms with Gasteiger partial charge in [-0.25, -0.2) is 9.37 Å². The predicted molar refractivity (Wildman–Crippen MR) is 125 cm³/mol. The monoisotopic (exact) mass is 465 g/mol. The van der Waals surface area contributed by atoms with Crippen LogP contribution < -0.4 is 10.1 Å². The second-order valence-corrected chi connectivity index (χ2v) is 8.64. The lowest BCUT2D eigenvalue weighted by Crippen LogP contribution is -2.39. The van der Waals surface area contributed by atoms with E-state index in [1.165, 1.54) is 30.4 Å². The Kier molecular flexibility index (Phi) is 6.84. The van der Waals surface area contributed by atoms with Gasteiger partial charge in [-0.2, -0.15) is 0 Å². The van der Waals surface area contributed by atoms with Gasteiger partial charge in [0.15, 0.2) is 0 Å². The van der Waals surface area contributed by atoms with Crippen LogP contribution in [0, 0.1) is 5.82 Å². The molecule has 8 heteroatoms. The molecule has 3 aromatic rings. The van der Waals surface area contributed by atoms with Gasteiger partial charge in [0, 0.05) is 25.4 Å². The van der Waals surface area contributed by atoms with Crippen molar-refractivity contribution in [1.82, 2.24) is 15.2 Å². The van der Waals surface area contributed by atoms with Crippen molar-refractivity contribution in [2.45, 2.75) is 26.0 Å². The molecule has 0 bridgehead atoms. The highest BCUT2D eigenvalue weighted by Gasteiger charge is 2.31. The Labute approximate surface area is 195 Å². The molecular formula is C25H24FN3O3S. The standard InChI is InChI=1S/C25H24FN3O3S/c1-3-10-27-25(31)22-15-33-23(28-22)14-32-20-8-7-17-9-11-29(16(2)30)24(21(17)13-20)18-5-4-6-19(26)12-18/h3-8,12-13,15,24H,1,9-11,14H2,2H3,(H,27,31)/t24-/m0/s1. The third-order valence-corrected chi connectivity index (χ3v) is 6.29. The fraction of sp³-hybridized carbons (Fsp3) is 0.240. The number of carbonyl (C=O) groups excluding carboxylic acids is 2. The molecule has 2 amide bonds.